The Hall–Kier alpha value is -1.66. The molecule has 25 heavy (non-hydrogen) atoms. The maximum atomic E-state index is 13.0. The molecule has 0 radical (unpaired) electrons. The third-order valence-corrected chi connectivity index (χ3v) is 6.66. The highest BCUT2D eigenvalue weighted by Gasteiger charge is 2.15. The van der Waals surface area contributed by atoms with Gasteiger partial charge in [-0.25, -0.2) is 9.97 Å². The van der Waals surface area contributed by atoms with E-state index in [0.29, 0.717) is 21.4 Å². The molecule has 0 fully saturated rings. The average Bonchev–Trinajstić information content (AvgIpc) is 2.53. The maximum Gasteiger partial charge on any atom is 0.202 e. The second-order valence-electron chi connectivity index (χ2n) is 6.93. The van der Waals surface area contributed by atoms with Crippen molar-refractivity contribution in [1.29, 1.82) is 0 Å². The summed E-state index contributed by atoms with van der Waals surface area (Å²) in [7, 11) is -2.84. The molecule has 1 unspecified atom stereocenters. The van der Waals surface area contributed by atoms with Gasteiger partial charge < -0.3 is 0 Å². The van der Waals surface area contributed by atoms with Gasteiger partial charge in [0.15, 0.2) is 5.16 Å². The van der Waals surface area contributed by atoms with Crippen LogP contribution in [0.4, 0.5) is 0 Å². The zero-order valence-electron chi connectivity index (χ0n) is 15.3. The smallest absolute Gasteiger partial charge is 0.202 e. The first-order chi connectivity index (χ1) is 11.6. The third kappa shape index (κ3) is 5.16. The quantitative estimate of drug-likeness (QED) is 0.344. The molecule has 0 saturated heterocycles. The molecular weight excluding hydrogens is 352 g/mol. The van der Waals surface area contributed by atoms with Gasteiger partial charge in [-0.1, -0.05) is 44.7 Å². The van der Waals surface area contributed by atoms with Gasteiger partial charge >= 0.3 is 0 Å². The molecule has 6 heteroatoms. The number of rotatable bonds is 5. The standard InChI is InChI=1S/C19H24N2O2S2/c1-14-12-15(2)21-18(20-14)24-10-11-25(23,13-22)17-8-6-16(7-9-17)19(3,4)5/h6-9,11-13H,10H2,1-5H3. The van der Waals surface area contributed by atoms with Gasteiger partial charge in [-0.3, -0.25) is 9.00 Å². The summed E-state index contributed by atoms with van der Waals surface area (Å²) in [6, 6.07) is 9.34. The Labute approximate surface area is 154 Å². The topological polar surface area (TPSA) is 59.9 Å². The van der Waals surface area contributed by atoms with Crippen molar-refractivity contribution in [3.05, 3.63) is 47.3 Å². The number of carbonyl (C=O) groups is 1. The summed E-state index contributed by atoms with van der Waals surface area (Å²) in [6.07, 6.45) is 0. The normalized spacial score (nSPS) is 14.0. The fraction of sp³-hybridized carbons (Fsp3) is 0.368. The SMILES string of the molecule is Cc1cc(C)nc(SCC=S(=O)(C=O)c2ccc(C(C)(C)C)cc2)n1. The van der Waals surface area contributed by atoms with E-state index in [-0.39, 0.29) is 5.41 Å². The molecule has 2 aromatic rings. The molecule has 0 aliphatic heterocycles. The summed E-state index contributed by atoms with van der Waals surface area (Å²) in [5.74, 6) is 0.404. The Morgan fingerprint density at radius 3 is 2.12 bits per heavy atom. The van der Waals surface area contributed by atoms with E-state index in [0.717, 1.165) is 17.0 Å². The van der Waals surface area contributed by atoms with Crippen molar-refractivity contribution in [2.75, 3.05) is 5.75 Å². The van der Waals surface area contributed by atoms with Crippen LogP contribution in [0.15, 0.2) is 40.4 Å². The second kappa shape index (κ2) is 7.70. The lowest BCUT2D eigenvalue weighted by molar-refractivity contribution is 0.566. The number of aromatic nitrogens is 2. The van der Waals surface area contributed by atoms with Crippen molar-refractivity contribution < 1.29 is 9.00 Å². The summed E-state index contributed by atoms with van der Waals surface area (Å²) in [6.45, 7) is 10.2. The van der Waals surface area contributed by atoms with Crippen LogP contribution in [0, 0.1) is 13.8 Å². The summed E-state index contributed by atoms with van der Waals surface area (Å²) < 4.78 is 13.0. The zero-order chi connectivity index (χ0) is 18.7. The summed E-state index contributed by atoms with van der Waals surface area (Å²) >= 11 is 1.38. The van der Waals surface area contributed by atoms with Crippen LogP contribution in [-0.4, -0.2) is 30.9 Å². The van der Waals surface area contributed by atoms with Gasteiger partial charge in [-0.05, 0) is 48.4 Å². The largest absolute Gasteiger partial charge is 0.288 e. The second-order valence-corrected chi connectivity index (χ2v) is 10.2. The molecule has 0 amide bonds. The molecule has 0 spiro atoms. The number of aryl methyl sites for hydroxylation is 2. The average molecular weight is 377 g/mol. The van der Waals surface area contributed by atoms with E-state index in [1.165, 1.54) is 11.8 Å². The first-order valence-electron chi connectivity index (χ1n) is 8.02. The molecule has 0 N–H and O–H groups in total. The van der Waals surface area contributed by atoms with Crippen LogP contribution >= 0.6 is 11.8 Å². The summed E-state index contributed by atoms with van der Waals surface area (Å²) in [5.41, 5.74) is 3.48. The van der Waals surface area contributed by atoms with Crippen LogP contribution in [-0.2, 0) is 19.7 Å². The van der Waals surface area contributed by atoms with Crippen molar-refractivity contribution in [2.24, 2.45) is 0 Å². The number of thioether (sulfide) groups is 1. The Morgan fingerprint density at radius 1 is 1.08 bits per heavy atom. The first kappa shape index (κ1) is 19.7. The van der Waals surface area contributed by atoms with Crippen molar-refractivity contribution in [2.45, 2.75) is 50.1 Å². The third-order valence-electron chi connectivity index (χ3n) is 3.72. The predicted octanol–water partition coefficient (Wildman–Crippen LogP) is 3.82. The van der Waals surface area contributed by atoms with Gasteiger partial charge in [-0.15, -0.1) is 0 Å². The molecule has 1 heterocycles. The van der Waals surface area contributed by atoms with E-state index in [1.54, 1.807) is 17.5 Å². The van der Waals surface area contributed by atoms with Crippen LogP contribution in [0.25, 0.3) is 0 Å². The Bertz CT molecular complexity index is 855. The molecule has 1 aromatic heterocycles. The lowest BCUT2D eigenvalue weighted by Crippen LogP contribution is -2.12. The number of hydrogen-bond acceptors (Lipinski definition) is 5. The van der Waals surface area contributed by atoms with Crippen LogP contribution in [0.5, 0.6) is 0 Å². The highest BCUT2D eigenvalue weighted by Crippen LogP contribution is 2.24. The molecule has 0 bridgehead atoms. The van der Waals surface area contributed by atoms with Crippen LogP contribution in [0.1, 0.15) is 37.7 Å². The minimum atomic E-state index is -2.84. The molecule has 0 aliphatic rings. The number of benzene rings is 1. The number of nitrogens with zero attached hydrogens (tertiary/aromatic N) is 2. The molecular formula is C19H24N2O2S2. The predicted molar refractivity (Wildman–Crippen MR) is 107 cm³/mol. The minimum absolute atomic E-state index is 0.0144. The van der Waals surface area contributed by atoms with Gasteiger partial charge in [0.2, 0.25) is 5.62 Å². The van der Waals surface area contributed by atoms with Gasteiger partial charge in [0.1, 0.15) is 0 Å². The van der Waals surface area contributed by atoms with Crippen LogP contribution < -0.4 is 0 Å². The van der Waals surface area contributed by atoms with Gasteiger partial charge in [-0.2, -0.15) is 0 Å². The Kier molecular flexibility index (Phi) is 6.06. The first-order valence-corrected chi connectivity index (χ1v) is 10.7. The van der Waals surface area contributed by atoms with Gasteiger partial charge in [0, 0.05) is 22.0 Å². The Balaban J connectivity index is 2.22. The zero-order valence-corrected chi connectivity index (χ0v) is 16.9. The van der Waals surface area contributed by atoms with Crippen molar-refractivity contribution in [1.82, 2.24) is 9.97 Å². The highest BCUT2D eigenvalue weighted by atomic mass is 32.2. The molecule has 0 aliphatic carbocycles. The van der Waals surface area contributed by atoms with Crippen molar-refractivity contribution in [3.63, 3.8) is 0 Å². The van der Waals surface area contributed by atoms with Crippen molar-refractivity contribution in [3.8, 4) is 0 Å². The van der Waals surface area contributed by atoms with E-state index in [9.17, 15) is 9.00 Å². The summed E-state index contributed by atoms with van der Waals surface area (Å²) in [4.78, 5) is 20.7. The minimum Gasteiger partial charge on any atom is -0.288 e. The van der Waals surface area contributed by atoms with E-state index < -0.39 is 9.52 Å². The van der Waals surface area contributed by atoms with E-state index in [2.05, 4.69) is 30.7 Å². The van der Waals surface area contributed by atoms with E-state index in [4.69, 9.17) is 0 Å². The maximum absolute atomic E-state index is 13.0. The number of hydrogen-bond donors (Lipinski definition) is 0. The molecule has 134 valence electrons. The fourth-order valence-corrected chi connectivity index (χ4v) is 4.92. The molecule has 1 aromatic carbocycles. The highest BCUT2D eigenvalue weighted by molar-refractivity contribution is 8.14. The monoisotopic (exact) mass is 376 g/mol. The molecule has 2 rings (SSSR count). The summed E-state index contributed by atoms with van der Waals surface area (Å²) in [5, 5.41) is 2.20. The molecule has 0 saturated carbocycles. The van der Waals surface area contributed by atoms with Crippen LogP contribution in [0.2, 0.25) is 0 Å². The Morgan fingerprint density at radius 2 is 1.64 bits per heavy atom. The van der Waals surface area contributed by atoms with E-state index >= 15 is 0 Å². The fourth-order valence-electron chi connectivity index (χ4n) is 2.33. The van der Waals surface area contributed by atoms with Gasteiger partial charge in [0.05, 0.1) is 9.52 Å². The molecule has 1 atom stereocenters. The van der Waals surface area contributed by atoms with E-state index in [1.807, 2.05) is 32.0 Å². The number of carbonyl (C=O) groups excluding carboxylic acids is 1. The lowest BCUT2D eigenvalue weighted by atomic mass is 9.87. The lowest BCUT2D eigenvalue weighted by Gasteiger charge is -2.19. The molecule has 4 nitrogen and oxygen atoms in total. The van der Waals surface area contributed by atoms with Crippen LogP contribution in [0.3, 0.4) is 0 Å². The van der Waals surface area contributed by atoms with Gasteiger partial charge in [0.25, 0.3) is 0 Å². The van der Waals surface area contributed by atoms with Crippen molar-refractivity contribution >= 4 is 32.3 Å².